The zero-order valence-electron chi connectivity index (χ0n) is 25.8. The fourth-order valence-electron chi connectivity index (χ4n) is 8.30. The number of carbonyl (C=O) groups excluding carboxylic acids is 1. The number of rotatable bonds is 4. The van der Waals surface area contributed by atoms with Crippen LogP contribution in [0.1, 0.15) is 72.4 Å². The van der Waals surface area contributed by atoms with Crippen LogP contribution in [-0.2, 0) is 17.8 Å². The van der Waals surface area contributed by atoms with E-state index in [1.54, 1.807) is 0 Å². The number of nitrogens with zero attached hydrogens (tertiary/aromatic N) is 3. The van der Waals surface area contributed by atoms with Crippen molar-refractivity contribution < 1.29 is 9.53 Å². The number of nitrogens with one attached hydrogen (secondary N) is 1. The molecule has 1 saturated heterocycles. The Morgan fingerprint density at radius 1 is 0.953 bits per heavy atom. The largest absolute Gasteiger partial charge is 0.445 e. The van der Waals surface area contributed by atoms with Gasteiger partial charge in [0.05, 0.1) is 6.04 Å². The highest BCUT2D eigenvalue weighted by Gasteiger charge is 2.45. The number of aromatic nitrogens is 1. The lowest BCUT2D eigenvalue weighted by Gasteiger charge is -2.43. The van der Waals surface area contributed by atoms with E-state index in [1.165, 1.54) is 51.8 Å². The number of hydrogen-bond acceptors (Lipinski definition) is 4. The second-order valence-corrected chi connectivity index (χ2v) is 12.8. The average Bonchev–Trinajstić information content (AvgIpc) is 3.56. The highest BCUT2D eigenvalue weighted by molar-refractivity contribution is 5.85. The number of H-pyrrole nitrogens is 1. The summed E-state index contributed by atoms with van der Waals surface area (Å²) in [5.41, 5.74) is 9.17. The maximum absolute atomic E-state index is 13.3. The van der Waals surface area contributed by atoms with E-state index in [2.05, 4.69) is 78.3 Å². The van der Waals surface area contributed by atoms with E-state index in [1.807, 2.05) is 35.2 Å². The molecule has 4 atom stereocenters. The number of amides is 1. The predicted octanol–water partition coefficient (Wildman–Crippen LogP) is 7.29. The predicted molar refractivity (Wildman–Crippen MR) is 174 cm³/mol. The van der Waals surface area contributed by atoms with Crippen molar-refractivity contribution in [2.75, 3.05) is 38.6 Å². The Hall–Kier alpha value is -3.77. The molecule has 0 radical (unpaired) electrons. The standard InChI is InChI=1S/C37H44N4O2/c1-4-33-36-30(18-21-39(33)2)31-23-26(16-17-34(31)40(36)3)27-14-10-20-41(37(42)43-24-25-11-6-5-7-12-25)22-19-29-28-13-8-9-15-32(28)38-35(27)29/h5-9,11-13,15-17,23,27,30,33,36,38H,4,10,14,18-22,24H2,1-3H3/t27?,30-,33?,36-/m0/s1. The first-order valence-electron chi connectivity index (χ1n) is 16.2. The summed E-state index contributed by atoms with van der Waals surface area (Å²) in [5.74, 6) is 0.833. The zero-order chi connectivity index (χ0) is 29.5. The average molecular weight is 577 g/mol. The third-order valence-electron chi connectivity index (χ3n) is 10.5. The van der Waals surface area contributed by atoms with Crippen molar-refractivity contribution in [1.29, 1.82) is 0 Å². The number of hydrogen-bond donors (Lipinski definition) is 1. The molecule has 4 aromatic rings. The first kappa shape index (κ1) is 28.0. The SMILES string of the molecule is CCC1[C@@H]2[C@@H](CCN1C)c1cc(C3CCCN(C(=O)OCc4ccccc4)CCc4c3[nH]c3ccccc43)ccc1N2C. The summed E-state index contributed by atoms with van der Waals surface area (Å²) >= 11 is 0. The number of likely N-dealkylation sites (N-methyl/N-ethyl adjacent to an activating group) is 2. The number of para-hydroxylation sites is 1. The van der Waals surface area contributed by atoms with E-state index < -0.39 is 0 Å². The summed E-state index contributed by atoms with van der Waals surface area (Å²) < 4.78 is 5.78. The fraction of sp³-hybridized carbons (Fsp3) is 0.432. The third kappa shape index (κ3) is 5.10. The van der Waals surface area contributed by atoms with Gasteiger partial charge < -0.3 is 24.4 Å². The van der Waals surface area contributed by atoms with Crippen LogP contribution in [0.15, 0.2) is 72.8 Å². The number of ether oxygens (including phenoxy) is 1. The topological polar surface area (TPSA) is 51.8 Å². The van der Waals surface area contributed by atoms with Gasteiger partial charge in [-0.15, -0.1) is 0 Å². The Kier molecular flexibility index (Phi) is 7.64. The molecule has 0 saturated carbocycles. The van der Waals surface area contributed by atoms with Crippen LogP contribution in [0.4, 0.5) is 10.5 Å². The Morgan fingerprint density at radius 3 is 2.60 bits per heavy atom. The van der Waals surface area contributed by atoms with Gasteiger partial charge in [0.25, 0.3) is 0 Å². The van der Waals surface area contributed by atoms with Gasteiger partial charge in [0.1, 0.15) is 6.61 Å². The molecule has 6 heteroatoms. The molecule has 7 rings (SSSR count). The van der Waals surface area contributed by atoms with E-state index in [-0.39, 0.29) is 12.0 Å². The number of piperidine rings is 1. The van der Waals surface area contributed by atoms with Gasteiger partial charge in [-0.1, -0.05) is 67.6 Å². The van der Waals surface area contributed by atoms with Crippen LogP contribution < -0.4 is 4.90 Å². The van der Waals surface area contributed by atoms with Crippen LogP contribution in [0.3, 0.4) is 0 Å². The van der Waals surface area contributed by atoms with Crippen LogP contribution in [-0.4, -0.2) is 66.7 Å². The molecule has 224 valence electrons. The molecule has 3 aliphatic heterocycles. The van der Waals surface area contributed by atoms with Crippen molar-refractivity contribution in [1.82, 2.24) is 14.8 Å². The molecule has 1 amide bonds. The molecule has 0 bridgehead atoms. The molecule has 1 aromatic heterocycles. The van der Waals surface area contributed by atoms with Gasteiger partial charge in [-0.05, 0) is 80.1 Å². The lowest BCUT2D eigenvalue weighted by molar-refractivity contribution is 0.0960. The van der Waals surface area contributed by atoms with Crippen LogP contribution in [0, 0.1) is 0 Å². The minimum absolute atomic E-state index is 0.219. The second kappa shape index (κ2) is 11.7. The lowest BCUT2D eigenvalue weighted by atomic mass is 9.81. The van der Waals surface area contributed by atoms with Crippen LogP contribution in [0.5, 0.6) is 0 Å². The molecule has 43 heavy (non-hydrogen) atoms. The van der Waals surface area contributed by atoms with Crippen molar-refractivity contribution in [3.63, 3.8) is 0 Å². The number of benzene rings is 3. The van der Waals surface area contributed by atoms with Crippen LogP contribution >= 0.6 is 0 Å². The molecule has 3 aromatic carbocycles. The zero-order valence-corrected chi connectivity index (χ0v) is 25.8. The second-order valence-electron chi connectivity index (χ2n) is 12.8. The van der Waals surface area contributed by atoms with Gasteiger partial charge in [0.2, 0.25) is 0 Å². The third-order valence-corrected chi connectivity index (χ3v) is 10.5. The van der Waals surface area contributed by atoms with E-state index in [9.17, 15) is 4.79 Å². The van der Waals surface area contributed by atoms with Gasteiger partial charge in [-0.2, -0.15) is 0 Å². The molecular weight excluding hydrogens is 532 g/mol. The van der Waals surface area contributed by atoms with Gasteiger partial charge in [-0.3, -0.25) is 0 Å². The van der Waals surface area contributed by atoms with Crippen molar-refractivity contribution in [2.45, 2.75) is 69.6 Å². The highest BCUT2D eigenvalue weighted by Crippen LogP contribution is 2.48. The van der Waals surface area contributed by atoms with Gasteiger partial charge in [0.15, 0.2) is 0 Å². The molecule has 4 heterocycles. The molecule has 0 aliphatic carbocycles. The summed E-state index contributed by atoms with van der Waals surface area (Å²) in [7, 11) is 4.59. The maximum atomic E-state index is 13.3. The first-order valence-corrected chi connectivity index (χ1v) is 16.2. The number of anilines is 1. The highest BCUT2D eigenvalue weighted by atomic mass is 16.6. The quantitative estimate of drug-likeness (QED) is 0.277. The number of likely N-dealkylation sites (tertiary alicyclic amines) is 1. The summed E-state index contributed by atoms with van der Waals surface area (Å²) in [6.45, 7) is 5.15. The minimum atomic E-state index is -0.219. The molecule has 3 aliphatic rings. The summed E-state index contributed by atoms with van der Waals surface area (Å²) in [5, 5.41) is 1.27. The molecule has 2 unspecified atom stereocenters. The van der Waals surface area contributed by atoms with Gasteiger partial charge >= 0.3 is 6.09 Å². The van der Waals surface area contributed by atoms with Crippen molar-refractivity contribution in [2.24, 2.45) is 0 Å². The van der Waals surface area contributed by atoms with E-state index in [0.717, 1.165) is 31.4 Å². The summed E-state index contributed by atoms with van der Waals surface area (Å²) in [6, 6.07) is 27.0. The smallest absolute Gasteiger partial charge is 0.410 e. The van der Waals surface area contributed by atoms with Crippen molar-refractivity contribution in [3.05, 3.63) is 101 Å². The van der Waals surface area contributed by atoms with Crippen molar-refractivity contribution in [3.8, 4) is 0 Å². The minimum Gasteiger partial charge on any atom is -0.445 e. The number of carbonyl (C=O) groups is 1. The van der Waals surface area contributed by atoms with E-state index in [4.69, 9.17) is 4.74 Å². The fourth-order valence-corrected chi connectivity index (χ4v) is 8.30. The Morgan fingerprint density at radius 2 is 1.77 bits per heavy atom. The van der Waals surface area contributed by atoms with E-state index in [0.29, 0.717) is 37.7 Å². The Bertz CT molecular complexity index is 1600. The maximum Gasteiger partial charge on any atom is 0.410 e. The molecule has 0 spiro atoms. The summed E-state index contributed by atoms with van der Waals surface area (Å²) in [4.78, 5) is 24.2. The van der Waals surface area contributed by atoms with Gasteiger partial charge in [0, 0.05) is 60.3 Å². The normalized spacial score (nSPS) is 24.1. The molecule has 1 N–H and O–H groups in total. The van der Waals surface area contributed by atoms with Crippen LogP contribution in [0.2, 0.25) is 0 Å². The van der Waals surface area contributed by atoms with Crippen molar-refractivity contribution >= 4 is 22.7 Å². The lowest BCUT2D eigenvalue weighted by Crippen LogP contribution is -2.53. The first-order chi connectivity index (χ1) is 21.0. The number of fused-ring (bicyclic) bond motifs is 6. The molecular formula is C37H44N4O2. The van der Waals surface area contributed by atoms with Crippen LogP contribution in [0.25, 0.3) is 10.9 Å². The molecule has 1 fully saturated rings. The van der Waals surface area contributed by atoms with Gasteiger partial charge in [-0.25, -0.2) is 4.79 Å². The summed E-state index contributed by atoms with van der Waals surface area (Å²) in [6.07, 6.45) is 4.87. The number of aromatic amines is 1. The Labute approximate surface area is 255 Å². The monoisotopic (exact) mass is 576 g/mol. The Balaban J connectivity index is 1.20. The molecule has 6 nitrogen and oxygen atoms in total. The van der Waals surface area contributed by atoms with E-state index >= 15 is 0 Å².